The summed E-state index contributed by atoms with van der Waals surface area (Å²) in [4.78, 5) is 25.5. The lowest BCUT2D eigenvalue weighted by molar-refractivity contribution is -0.170. The number of rotatable bonds is 3. The Morgan fingerprint density at radius 1 is 1.32 bits per heavy atom. The fraction of sp³-hybridized carbons (Fsp3) is 0.579. The number of likely N-dealkylation sites (tertiary alicyclic amines) is 1. The molecule has 0 spiro atoms. The minimum absolute atomic E-state index is 0.147. The molecule has 1 aromatic carbocycles. The average molecular weight is 421 g/mol. The highest BCUT2D eigenvalue weighted by Crippen LogP contribution is 2.36. The normalized spacial score (nSPS) is 23.5. The first kappa shape index (κ1) is 22.3. The topological polar surface area (TPSA) is 58.6 Å². The maximum atomic E-state index is 13.1. The van der Waals surface area contributed by atoms with Gasteiger partial charge in [-0.2, -0.15) is 13.2 Å². The number of nitrogens with zero attached hydrogens (tertiary/aromatic N) is 1. The van der Waals surface area contributed by atoms with Gasteiger partial charge in [-0.3, -0.25) is 4.79 Å². The molecule has 156 valence electrons. The van der Waals surface area contributed by atoms with Crippen molar-refractivity contribution in [2.24, 2.45) is 0 Å². The van der Waals surface area contributed by atoms with E-state index in [1.54, 1.807) is 52.0 Å². The molecule has 5 nitrogen and oxygen atoms in total. The van der Waals surface area contributed by atoms with Crippen molar-refractivity contribution in [2.45, 2.75) is 63.9 Å². The lowest BCUT2D eigenvalue weighted by Crippen LogP contribution is -2.60. The molecule has 1 aliphatic rings. The number of alkyl halides is 3. The van der Waals surface area contributed by atoms with E-state index in [1.807, 2.05) is 0 Å². The molecule has 3 atom stereocenters. The van der Waals surface area contributed by atoms with Gasteiger partial charge in [-0.15, -0.1) is 0 Å². The molecule has 1 aromatic rings. The van der Waals surface area contributed by atoms with E-state index in [0.717, 1.165) is 4.90 Å². The Bertz CT molecular complexity index is 734. The van der Waals surface area contributed by atoms with Crippen LogP contribution < -0.4 is 5.32 Å². The highest BCUT2D eigenvalue weighted by atomic mass is 35.5. The summed E-state index contributed by atoms with van der Waals surface area (Å²) >= 11 is 6.03. The Morgan fingerprint density at radius 3 is 2.50 bits per heavy atom. The predicted octanol–water partition coefficient (Wildman–Crippen LogP) is 4.50. The molecule has 2 amide bonds. The van der Waals surface area contributed by atoms with Crippen LogP contribution in [-0.2, 0) is 9.53 Å². The van der Waals surface area contributed by atoms with E-state index in [1.165, 1.54) is 0 Å². The van der Waals surface area contributed by atoms with Crippen molar-refractivity contribution in [2.75, 3.05) is 6.54 Å². The number of nitrogens with one attached hydrogen (secondary N) is 1. The minimum atomic E-state index is -4.56. The number of halogens is 4. The molecule has 0 saturated carbocycles. The first-order chi connectivity index (χ1) is 12.8. The Hall–Kier alpha value is -1.96. The van der Waals surface area contributed by atoms with Crippen LogP contribution in [0.5, 0.6) is 0 Å². The van der Waals surface area contributed by atoms with Crippen LogP contribution in [0.2, 0.25) is 5.02 Å². The summed E-state index contributed by atoms with van der Waals surface area (Å²) in [5.41, 5.74) is -0.0942. The minimum Gasteiger partial charge on any atom is -0.444 e. The molecule has 2 rings (SSSR count). The number of hydrogen-bond acceptors (Lipinski definition) is 3. The zero-order valence-electron chi connectivity index (χ0n) is 16.1. The molecule has 1 N–H and O–H groups in total. The van der Waals surface area contributed by atoms with E-state index < -0.39 is 48.3 Å². The number of carbonyl (C=O) groups excluding carboxylic acids is 2. The maximum absolute atomic E-state index is 13.1. The van der Waals surface area contributed by atoms with Gasteiger partial charge in [-0.05, 0) is 51.8 Å². The summed E-state index contributed by atoms with van der Waals surface area (Å²) < 4.78 is 44.3. The molecule has 28 heavy (non-hydrogen) atoms. The smallest absolute Gasteiger partial charge is 0.408 e. The van der Waals surface area contributed by atoms with Gasteiger partial charge in [0.1, 0.15) is 18.2 Å². The summed E-state index contributed by atoms with van der Waals surface area (Å²) in [5, 5.41) is 2.87. The molecule has 0 bridgehead atoms. The maximum Gasteiger partial charge on any atom is 0.408 e. The molecule has 0 aromatic heterocycles. The van der Waals surface area contributed by atoms with Crippen molar-refractivity contribution in [3.8, 4) is 0 Å². The quantitative estimate of drug-likeness (QED) is 0.783. The standard InChI is InChI=1S/C19H24ClF3N2O3/c1-11-14(12-6-5-7-13(20)8-12)9-15(24-17(27)28-18(2,3)4)16(26)25(11)10-19(21,22)23/h5-8,11,14-15H,9-10H2,1-4H3,(H,24,27). The monoisotopic (exact) mass is 420 g/mol. The van der Waals surface area contributed by atoms with E-state index in [0.29, 0.717) is 10.6 Å². The van der Waals surface area contributed by atoms with E-state index in [-0.39, 0.29) is 6.42 Å². The van der Waals surface area contributed by atoms with Gasteiger partial charge in [0, 0.05) is 17.0 Å². The lowest BCUT2D eigenvalue weighted by Gasteiger charge is -2.43. The van der Waals surface area contributed by atoms with Crippen LogP contribution in [-0.4, -0.2) is 47.3 Å². The first-order valence-electron chi connectivity index (χ1n) is 8.89. The van der Waals surface area contributed by atoms with Crippen molar-refractivity contribution in [3.05, 3.63) is 34.9 Å². The summed E-state index contributed by atoms with van der Waals surface area (Å²) in [6.45, 7) is 5.14. The molecule has 9 heteroatoms. The van der Waals surface area contributed by atoms with Crippen molar-refractivity contribution in [1.29, 1.82) is 0 Å². The molecule has 1 fully saturated rings. The van der Waals surface area contributed by atoms with Crippen LogP contribution in [0.15, 0.2) is 24.3 Å². The van der Waals surface area contributed by atoms with Gasteiger partial charge in [0.15, 0.2) is 0 Å². The Kier molecular flexibility index (Phi) is 6.53. The molecular formula is C19H24ClF3N2O3. The molecule has 1 saturated heterocycles. The first-order valence-corrected chi connectivity index (χ1v) is 9.27. The average Bonchev–Trinajstić information content (AvgIpc) is 2.51. The number of piperidine rings is 1. The number of hydrogen-bond donors (Lipinski definition) is 1. The van der Waals surface area contributed by atoms with Gasteiger partial charge in [-0.1, -0.05) is 23.7 Å². The van der Waals surface area contributed by atoms with Crippen molar-refractivity contribution >= 4 is 23.6 Å². The third kappa shape index (κ3) is 6.02. The number of amides is 2. The highest BCUT2D eigenvalue weighted by Gasteiger charge is 2.45. The van der Waals surface area contributed by atoms with Gasteiger partial charge >= 0.3 is 12.3 Å². The number of ether oxygens (including phenoxy) is 1. The van der Waals surface area contributed by atoms with Gasteiger partial charge in [0.25, 0.3) is 0 Å². The third-order valence-corrected chi connectivity index (χ3v) is 4.70. The van der Waals surface area contributed by atoms with E-state index >= 15 is 0 Å². The van der Waals surface area contributed by atoms with Crippen LogP contribution in [0.4, 0.5) is 18.0 Å². The Labute approximate surface area is 167 Å². The second kappa shape index (κ2) is 8.19. The van der Waals surface area contributed by atoms with E-state index in [4.69, 9.17) is 16.3 Å². The van der Waals surface area contributed by atoms with Crippen molar-refractivity contribution < 1.29 is 27.5 Å². The van der Waals surface area contributed by atoms with Crippen molar-refractivity contribution in [1.82, 2.24) is 10.2 Å². The van der Waals surface area contributed by atoms with Gasteiger partial charge < -0.3 is 15.0 Å². The molecule has 1 aliphatic heterocycles. The fourth-order valence-electron chi connectivity index (χ4n) is 3.31. The summed E-state index contributed by atoms with van der Waals surface area (Å²) in [6.07, 6.45) is -5.26. The second-order valence-corrected chi connectivity index (χ2v) is 8.35. The zero-order chi connectivity index (χ0) is 21.3. The van der Waals surface area contributed by atoms with Crippen LogP contribution in [0.1, 0.15) is 45.6 Å². The second-order valence-electron chi connectivity index (χ2n) is 7.92. The summed E-state index contributed by atoms with van der Waals surface area (Å²) in [7, 11) is 0. The SMILES string of the molecule is CC1C(c2cccc(Cl)c2)CC(NC(=O)OC(C)(C)C)C(=O)N1CC(F)(F)F. The zero-order valence-corrected chi connectivity index (χ0v) is 16.9. The predicted molar refractivity (Wildman–Crippen MR) is 99.2 cm³/mol. The number of carbonyl (C=O) groups is 2. The molecule has 0 radical (unpaired) electrons. The van der Waals surface area contributed by atoms with Crippen LogP contribution >= 0.6 is 11.6 Å². The molecule has 0 aliphatic carbocycles. The largest absolute Gasteiger partial charge is 0.444 e. The highest BCUT2D eigenvalue weighted by molar-refractivity contribution is 6.30. The van der Waals surface area contributed by atoms with E-state index in [2.05, 4.69) is 5.32 Å². The third-order valence-electron chi connectivity index (χ3n) is 4.46. The summed E-state index contributed by atoms with van der Waals surface area (Å²) in [6, 6.07) is 4.92. The van der Waals surface area contributed by atoms with Crippen LogP contribution in [0.3, 0.4) is 0 Å². The van der Waals surface area contributed by atoms with Crippen LogP contribution in [0.25, 0.3) is 0 Å². The van der Waals surface area contributed by atoms with Gasteiger partial charge in [0.2, 0.25) is 5.91 Å². The number of alkyl carbamates (subject to hydrolysis) is 1. The molecule has 1 heterocycles. The molecular weight excluding hydrogens is 397 g/mol. The lowest BCUT2D eigenvalue weighted by atomic mass is 9.82. The van der Waals surface area contributed by atoms with Gasteiger partial charge in [0.05, 0.1) is 0 Å². The van der Waals surface area contributed by atoms with Crippen LogP contribution in [0, 0.1) is 0 Å². The van der Waals surface area contributed by atoms with E-state index in [9.17, 15) is 22.8 Å². The van der Waals surface area contributed by atoms with Gasteiger partial charge in [-0.25, -0.2) is 4.79 Å². The number of benzene rings is 1. The Balaban J connectivity index is 2.31. The van der Waals surface area contributed by atoms with Crippen molar-refractivity contribution in [3.63, 3.8) is 0 Å². The molecule has 3 unspecified atom stereocenters. The fourth-order valence-corrected chi connectivity index (χ4v) is 3.51. The summed E-state index contributed by atoms with van der Waals surface area (Å²) in [5.74, 6) is -1.22. The Morgan fingerprint density at radius 2 is 1.96 bits per heavy atom.